The highest BCUT2D eigenvalue weighted by Gasteiger charge is 2.11. The number of phenols is 1. The molecule has 0 aliphatic rings. The van der Waals surface area contributed by atoms with Crippen molar-refractivity contribution in [1.29, 1.82) is 5.26 Å². The smallest absolute Gasteiger partial charge is 0.124 e. The summed E-state index contributed by atoms with van der Waals surface area (Å²) in [5, 5.41) is 21.1. The predicted molar refractivity (Wildman–Crippen MR) is 79.4 cm³/mol. The zero-order chi connectivity index (χ0) is 13.9. The van der Waals surface area contributed by atoms with Gasteiger partial charge in [-0.2, -0.15) is 5.26 Å². The first-order valence-electron chi connectivity index (χ1n) is 6.02. The number of rotatable bonds is 2. The van der Waals surface area contributed by atoms with Crippen molar-refractivity contribution in [2.24, 2.45) is 0 Å². The molecule has 0 saturated heterocycles. The van der Waals surface area contributed by atoms with Crippen LogP contribution in [-0.2, 0) is 0 Å². The fourth-order valence-electron chi connectivity index (χ4n) is 2.02. The van der Waals surface area contributed by atoms with Gasteiger partial charge in [0.05, 0.1) is 11.3 Å². The van der Waals surface area contributed by atoms with Gasteiger partial charge >= 0.3 is 0 Å². The molecule has 0 aliphatic carbocycles. The minimum atomic E-state index is 0.182. The molecule has 0 spiro atoms. The maximum atomic E-state index is 9.91. The molecule has 1 aromatic carbocycles. The van der Waals surface area contributed by atoms with E-state index < -0.39 is 0 Å². The van der Waals surface area contributed by atoms with E-state index in [0.717, 1.165) is 10.4 Å². The standard InChI is InChI=1S/C16H10N2OS/c17-9-11-10-18-14(12-4-1-2-5-15(12)19)8-13(11)16-6-3-7-20-16/h1-8,10,19H. The van der Waals surface area contributed by atoms with Gasteiger partial charge in [-0.15, -0.1) is 11.3 Å². The van der Waals surface area contributed by atoms with Crippen LogP contribution in [0.2, 0.25) is 0 Å². The van der Waals surface area contributed by atoms with Crippen LogP contribution < -0.4 is 0 Å². The third-order valence-corrected chi connectivity index (χ3v) is 3.89. The number of pyridine rings is 1. The molecule has 2 aromatic heterocycles. The van der Waals surface area contributed by atoms with Crippen molar-refractivity contribution < 1.29 is 5.11 Å². The van der Waals surface area contributed by atoms with Gasteiger partial charge in [0.15, 0.2) is 0 Å². The number of hydrogen-bond acceptors (Lipinski definition) is 4. The van der Waals surface area contributed by atoms with E-state index in [1.54, 1.807) is 29.7 Å². The Bertz CT molecular complexity index is 788. The number of aromatic hydroxyl groups is 1. The number of phenolic OH excluding ortho intramolecular Hbond substituents is 1. The molecular weight excluding hydrogens is 268 g/mol. The van der Waals surface area contributed by atoms with Gasteiger partial charge in [0.2, 0.25) is 0 Å². The van der Waals surface area contributed by atoms with E-state index in [-0.39, 0.29) is 5.75 Å². The molecule has 96 valence electrons. The van der Waals surface area contributed by atoms with Gasteiger partial charge in [0.25, 0.3) is 0 Å². The summed E-state index contributed by atoms with van der Waals surface area (Å²) in [6.07, 6.45) is 1.55. The molecule has 0 radical (unpaired) electrons. The van der Waals surface area contributed by atoms with Crippen LogP contribution in [0.3, 0.4) is 0 Å². The number of para-hydroxylation sites is 1. The van der Waals surface area contributed by atoms with Crippen LogP contribution in [0, 0.1) is 11.3 Å². The second kappa shape index (κ2) is 5.16. The summed E-state index contributed by atoms with van der Waals surface area (Å²) in [6.45, 7) is 0. The van der Waals surface area contributed by atoms with Gasteiger partial charge in [0, 0.05) is 22.2 Å². The first-order valence-corrected chi connectivity index (χ1v) is 6.90. The minimum absolute atomic E-state index is 0.182. The van der Waals surface area contributed by atoms with Gasteiger partial charge < -0.3 is 5.11 Å². The van der Waals surface area contributed by atoms with Crippen molar-refractivity contribution in [3.8, 4) is 33.5 Å². The molecule has 3 nitrogen and oxygen atoms in total. The lowest BCUT2D eigenvalue weighted by molar-refractivity contribution is 0.477. The Morgan fingerprint density at radius 3 is 2.65 bits per heavy atom. The molecular formula is C16H10N2OS. The van der Waals surface area contributed by atoms with Crippen molar-refractivity contribution in [2.75, 3.05) is 0 Å². The topological polar surface area (TPSA) is 56.9 Å². The fraction of sp³-hybridized carbons (Fsp3) is 0. The van der Waals surface area contributed by atoms with Crippen LogP contribution in [0.5, 0.6) is 5.75 Å². The summed E-state index contributed by atoms with van der Waals surface area (Å²) in [6, 6.07) is 15.0. The van der Waals surface area contributed by atoms with Gasteiger partial charge in [-0.05, 0) is 29.6 Å². The highest BCUT2D eigenvalue weighted by Crippen LogP contribution is 2.33. The Morgan fingerprint density at radius 2 is 1.95 bits per heavy atom. The molecule has 0 atom stereocenters. The van der Waals surface area contributed by atoms with Crippen molar-refractivity contribution in [3.63, 3.8) is 0 Å². The van der Waals surface area contributed by atoms with E-state index >= 15 is 0 Å². The van der Waals surface area contributed by atoms with Crippen molar-refractivity contribution in [1.82, 2.24) is 4.98 Å². The number of nitriles is 1. The molecule has 1 N–H and O–H groups in total. The molecule has 0 fully saturated rings. The summed E-state index contributed by atoms with van der Waals surface area (Å²) in [7, 11) is 0. The van der Waals surface area contributed by atoms with Crippen LogP contribution in [0.15, 0.2) is 54.0 Å². The van der Waals surface area contributed by atoms with Gasteiger partial charge in [-0.3, -0.25) is 4.98 Å². The molecule has 0 unspecified atom stereocenters. The first kappa shape index (κ1) is 12.4. The summed E-state index contributed by atoms with van der Waals surface area (Å²) in [5.74, 6) is 0.182. The number of hydrogen-bond donors (Lipinski definition) is 1. The molecule has 4 heteroatoms. The Balaban J connectivity index is 2.19. The lowest BCUT2D eigenvalue weighted by Crippen LogP contribution is -1.89. The fourth-order valence-corrected chi connectivity index (χ4v) is 2.77. The Hall–Kier alpha value is -2.64. The SMILES string of the molecule is N#Cc1cnc(-c2ccccc2O)cc1-c1cccs1. The number of thiophene rings is 1. The maximum absolute atomic E-state index is 9.91. The highest BCUT2D eigenvalue weighted by molar-refractivity contribution is 7.13. The number of nitrogens with zero attached hydrogens (tertiary/aromatic N) is 2. The summed E-state index contributed by atoms with van der Waals surface area (Å²) in [4.78, 5) is 5.29. The van der Waals surface area contributed by atoms with Crippen LogP contribution in [-0.4, -0.2) is 10.1 Å². The van der Waals surface area contributed by atoms with E-state index in [1.165, 1.54) is 0 Å². The second-order valence-corrected chi connectivity index (χ2v) is 5.17. The average molecular weight is 278 g/mol. The van der Waals surface area contributed by atoms with Crippen molar-refractivity contribution >= 4 is 11.3 Å². The van der Waals surface area contributed by atoms with E-state index in [4.69, 9.17) is 0 Å². The number of aromatic nitrogens is 1. The third-order valence-electron chi connectivity index (χ3n) is 2.99. The average Bonchev–Trinajstić information content (AvgIpc) is 3.01. The number of benzene rings is 1. The quantitative estimate of drug-likeness (QED) is 0.769. The summed E-state index contributed by atoms with van der Waals surface area (Å²) in [5.41, 5.74) is 2.70. The summed E-state index contributed by atoms with van der Waals surface area (Å²) < 4.78 is 0. The molecule has 0 bridgehead atoms. The van der Waals surface area contributed by atoms with E-state index in [1.807, 2.05) is 35.7 Å². The molecule has 3 rings (SSSR count). The summed E-state index contributed by atoms with van der Waals surface area (Å²) >= 11 is 1.57. The Labute approximate surface area is 120 Å². The van der Waals surface area contributed by atoms with E-state index in [2.05, 4.69) is 11.1 Å². The van der Waals surface area contributed by atoms with Gasteiger partial charge in [-0.1, -0.05) is 18.2 Å². The normalized spacial score (nSPS) is 10.2. The zero-order valence-corrected chi connectivity index (χ0v) is 11.3. The van der Waals surface area contributed by atoms with Gasteiger partial charge in [0.1, 0.15) is 11.8 Å². The lowest BCUT2D eigenvalue weighted by Gasteiger charge is -2.07. The molecule has 0 saturated carbocycles. The van der Waals surface area contributed by atoms with Crippen LogP contribution in [0.4, 0.5) is 0 Å². The van der Waals surface area contributed by atoms with E-state index in [0.29, 0.717) is 16.8 Å². The highest BCUT2D eigenvalue weighted by atomic mass is 32.1. The zero-order valence-electron chi connectivity index (χ0n) is 10.4. The predicted octanol–water partition coefficient (Wildman–Crippen LogP) is 4.05. The van der Waals surface area contributed by atoms with Crippen molar-refractivity contribution in [2.45, 2.75) is 0 Å². The monoisotopic (exact) mass is 278 g/mol. The molecule has 0 aliphatic heterocycles. The Morgan fingerprint density at radius 1 is 1.10 bits per heavy atom. The molecule has 0 amide bonds. The van der Waals surface area contributed by atoms with Crippen LogP contribution in [0.1, 0.15) is 5.56 Å². The minimum Gasteiger partial charge on any atom is -0.507 e. The molecule has 3 aromatic rings. The van der Waals surface area contributed by atoms with Crippen molar-refractivity contribution in [3.05, 3.63) is 59.6 Å². The third kappa shape index (κ3) is 2.15. The largest absolute Gasteiger partial charge is 0.507 e. The lowest BCUT2D eigenvalue weighted by atomic mass is 10.0. The maximum Gasteiger partial charge on any atom is 0.124 e. The van der Waals surface area contributed by atoms with Gasteiger partial charge in [-0.25, -0.2) is 0 Å². The molecule has 20 heavy (non-hydrogen) atoms. The first-order chi connectivity index (χ1) is 9.79. The second-order valence-electron chi connectivity index (χ2n) is 4.22. The van der Waals surface area contributed by atoms with E-state index in [9.17, 15) is 10.4 Å². The van der Waals surface area contributed by atoms with Crippen LogP contribution >= 0.6 is 11.3 Å². The Kier molecular flexibility index (Phi) is 3.20. The van der Waals surface area contributed by atoms with Crippen LogP contribution in [0.25, 0.3) is 21.7 Å². The molecule has 2 heterocycles.